The molecule has 0 aromatic carbocycles. The van der Waals surface area contributed by atoms with E-state index in [9.17, 15) is 14.4 Å². The van der Waals surface area contributed by atoms with E-state index in [4.69, 9.17) is 14.9 Å². The molecule has 0 atom stereocenters. The Morgan fingerprint density at radius 3 is 1.59 bits per heavy atom. The highest BCUT2D eigenvalue weighted by molar-refractivity contribution is 5.89. The lowest BCUT2D eigenvalue weighted by molar-refractivity contribution is -0.150. The van der Waals surface area contributed by atoms with Gasteiger partial charge in [-0.3, -0.25) is 9.59 Å². The smallest absolute Gasteiger partial charge is 0.335 e. The van der Waals surface area contributed by atoms with Crippen molar-refractivity contribution < 1.29 is 29.3 Å². The van der Waals surface area contributed by atoms with Crippen molar-refractivity contribution in [2.45, 2.75) is 47.6 Å². The second-order valence-corrected chi connectivity index (χ2v) is 5.31. The first-order chi connectivity index (χ1) is 8.85. The fraction of sp³-hybridized carbons (Fsp3) is 0.667. The summed E-state index contributed by atoms with van der Waals surface area (Å²) in [6.07, 6.45) is -0.806. The van der Waals surface area contributed by atoms with Crippen LogP contribution in [0.3, 0.4) is 0 Å². The summed E-state index contributed by atoms with van der Waals surface area (Å²) in [4.78, 5) is 32.1. The van der Waals surface area contributed by atoms with Gasteiger partial charge in [0.25, 0.3) is 0 Å². The Hall–Kier alpha value is -1.89. The zero-order chi connectivity index (χ0) is 16.5. The van der Waals surface area contributed by atoms with Gasteiger partial charge in [-0.1, -0.05) is 21.4 Å². The highest BCUT2D eigenvalue weighted by Gasteiger charge is 2.18. The number of hydrogen-bond donors (Lipinski definition) is 2. The van der Waals surface area contributed by atoms with Gasteiger partial charge in [0.15, 0.2) is 0 Å². The van der Waals surface area contributed by atoms with Crippen molar-refractivity contribution in [1.82, 2.24) is 4.90 Å². The maximum atomic E-state index is 11.3. The van der Waals surface area contributed by atoms with Gasteiger partial charge in [0, 0.05) is 12.1 Å². The van der Waals surface area contributed by atoms with Crippen LogP contribution in [0.25, 0.3) is 0 Å². The maximum Gasteiger partial charge on any atom is 0.335 e. The van der Waals surface area contributed by atoms with Crippen molar-refractivity contribution in [3.63, 3.8) is 0 Å². The van der Waals surface area contributed by atoms with Crippen molar-refractivity contribution in [2.24, 2.45) is 0 Å². The highest BCUT2D eigenvalue weighted by Crippen LogP contribution is 2.10. The molecule has 0 radical (unpaired) electrons. The summed E-state index contributed by atoms with van der Waals surface area (Å²) >= 11 is 0. The van der Waals surface area contributed by atoms with Crippen LogP contribution in [0.5, 0.6) is 0 Å². The number of rotatable bonds is 5. The summed E-state index contributed by atoms with van der Waals surface area (Å²) < 4.78 is 5.14. The number of nitrogens with zero attached hydrogens (tertiary/aromatic N) is 1. The van der Waals surface area contributed by atoms with Gasteiger partial charge in [0.1, 0.15) is 12.0 Å². The molecular formula is C15H31NO6. The lowest BCUT2D eigenvalue weighted by Crippen LogP contribution is -2.28. The molecule has 0 amide bonds. The standard InChI is InChI=1S/C10H19NO2.C3H4O4.2CH4/c1-8(7-11(5)6)9(12)13-10(2,3)4;4-2(5)1-3(6)7;;/h1,7H2,2-6H3;1H2,(H,4,5)(H,6,7);2*1H4. The molecular weight excluding hydrogens is 290 g/mol. The van der Waals surface area contributed by atoms with E-state index in [0.29, 0.717) is 12.1 Å². The molecule has 0 bridgehead atoms. The summed E-state index contributed by atoms with van der Waals surface area (Å²) in [6.45, 7) is 9.72. The molecule has 7 nitrogen and oxygen atoms in total. The van der Waals surface area contributed by atoms with E-state index in [2.05, 4.69) is 6.58 Å². The van der Waals surface area contributed by atoms with Gasteiger partial charge in [-0.25, -0.2) is 4.79 Å². The van der Waals surface area contributed by atoms with E-state index in [0.717, 1.165) is 0 Å². The largest absolute Gasteiger partial charge is 0.481 e. The number of hydrogen-bond acceptors (Lipinski definition) is 5. The first-order valence-electron chi connectivity index (χ1n) is 5.84. The predicted molar refractivity (Wildman–Crippen MR) is 86.9 cm³/mol. The minimum atomic E-state index is -1.31. The van der Waals surface area contributed by atoms with Crippen molar-refractivity contribution in [3.05, 3.63) is 12.2 Å². The second kappa shape index (κ2) is 12.8. The van der Waals surface area contributed by atoms with Gasteiger partial charge < -0.3 is 19.8 Å². The molecule has 0 heterocycles. The van der Waals surface area contributed by atoms with Gasteiger partial charge in [-0.15, -0.1) is 0 Å². The quantitative estimate of drug-likeness (QED) is 0.454. The first-order valence-corrected chi connectivity index (χ1v) is 5.84. The third-order valence-electron chi connectivity index (χ3n) is 1.50. The summed E-state index contributed by atoms with van der Waals surface area (Å²) in [5.41, 5.74) is 0.0479. The molecule has 0 unspecified atom stereocenters. The molecule has 22 heavy (non-hydrogen) atoms. The normalized spacial score (nSPS) is 9.36. The van der Waals surface area contributed by atoms with Gasteiger partial charge in [0.2, 0.25) is 0 Å². The van der Waals surface area contributed by atoms with Crippen LogP contribution in [0.1, 0.15) is 42.0 Å². The van der Waals surface area contributed by atoms with Crippen LogP contribution in [-0.4, -0.2) is 59.3 Å². The van der Waals surface area contributed by atoms with E-state index in [-0.39, 0.29) is 20.8 Å². The summed E-state index contributed by atoms with van der Waals surface area (Å²) in [6, 6.07) is 0. The number of carbonyl (C=O) groups excluding carboxylic acids is 1. The summed E-state index contributed by atoms with van der Waals surface area (Å²) in [7, 11) is 3.77. The summed E-state index contributed by atoms with van der Waals surface area (Å²) in [5.74, 6) is -2.94. The topological polar surface area (TPSA) is 104 Å². The second-order valence-electron chi connectivity index (χ2n) is 5.31. The number of likely N-dealkylation sites (N-methyl/N-ethyl adjacent to an activating group) is 1. The Balaban J connectivity index is -0.000000156. The first kappa shape index (κ1) is 28.3. The van der Waals surface area contributed by atoms with E-state index in [1.807, 2.05) is 39.8 Å². The average molecular weight is 321 g/mol. The molecule has 0 saturated heterocycles. The maximum absolute atomic E-state index is 11.3. The van der Waals surface area contributed by atoms with Crippen LogP contribution in [-0.2, 0) is 19.1 Å². The van der Waals surface area contributed by atoms with E-state index < -0.39 is 24.0 Å². The number of ether oxygens (including phenoxy) is 1. The van der Waals surface area contributed by atoms with E-state index in [1.54, 1.807) is 0 Å². The minimum absolute atomic E-state index is 0. The monoisotopic (exact) mass is 321 g/mol. The van der Waals surface area contributed by atoms with Crippen LogP contribution in [0.15, 0.2) is 12.2 Å². The van der Waals surface area contributed by atoms with E-state index >= 15 is 0 Å². The van der Waals surface area contributed by atoms with Crippen LogP contribution in [0.4, 0.5) is 0 Å². The Labute approximate surface area is 133 Å². The molecule has 7 heteroatoms. The van der Waals surface area contributed by atoms with Crippen LogP contribution >= 0.6 is 0 Å². The molecule has 0 spiro atoms. The van der Waals surface area contributed by atoms with Crippen LogP contribution < -0.4 is 0 Å². The molecule has 0 aliphatic rings. The zero-order valence-corrected chi connectivity index (χ0v) is 12.6. The lowest BCUT2D eigenvalue weighted by Gasteiger charge is -2.21. The highest BCUT2D eigenvalue weighted by atomic mass is 16.6. The van der Waals surface area contributed by atoms with Crippen molar-refractivity contribution >= 4 is 17.9 Å². The van der Waals surface area contributed by atoms with Crippen LogP contribution in [0, 0.1) is 0 Å². The number of carbonyl (C=O) groups is 3. The fourth-order valence-corrected chi connectivity index (χ4v) is 0.926. The minimum Gasteiger partial charge on any atom is -0.481 e. The van der Waals surface area contributed by atoms with Crippen molar-refractivity contribution in [2.75, 3.05) is 20.6 Å². The molecule has 0 fully saturated rings. The molecule has 0 rings (SSSR count). The predicted octanol–water partition coefficient (Wildman–Crippen LogP) is 2.26. The van der Waals surface area contributed by atoms with E-state index in [1.165, 1.54) is 0 Å². The third kappa shape index (κ3) is 23.2. The SMILES string of the molecule is C.C.C=C(CN(C)C)C(=O)OC(C)(C)C.O=C(O)CC(=O)O. The zero-order valence-electron chi connectivity index (χ0n) is 12.6. The Morgan fingerprint density at radius 1 is 1.05 bits per heavy atom. The Kier molecular flexibility index (Phi) is 16.5. The molecule has 132 valence electrons. The summed E-state index contributed by atoms with van der Waals surface area (Å²) in [5, 5.41) is 15.4. The van der Waals surface area contributed by atoms with Gasteiger partial charge >= 0.3 is 17.9 Å². The van der Waals surface area contributed by atoms with Crippen molar-refractivity contribution in [1.29, 1.82) is 0 Å². The molecule has 0 aliphatic carbocycles. The average Bonchev–Trinajstić information content (AvgIpc) is 2.11. The van der Waals surface area contributed by atoms with Crippen molar-refractivity contribution in [3.8, 4) is 0 Å². The fourth-order valence-electron chi connectivity index (χ4n) is 0.926. The van der Waals surface area contributed by atoms with Gasteiger partial charge in [-0.05, 0) is 34.9 Å². The Bertz CT molecular complexity index is 357. The number of carboxylic acid groups (broad SMARTS) is 2. The molecule has 0 aromatic rings. The lowest BCUT2D eigenvalue weighted by atomic mass is 10.2. The number of aliphatic carboxylic acids is 2. The third-order valence-corrected chi connectivity index (χ3v) is 1.50. The van der Waals surface area contributed by atoms with Gasteiger partial charge in [-0.2, -0.15) is 0 Å². The van der Waals surface area contributed by atoms with Gasteiger partial charge in [0.05, 0.1) is 0 Å². The molecule has 0 aliphatic heterocycles. The molecule has 0 aromatic heterocycles. The Morgan fingerprint density at radius 2 is 1.41 bits per heavy atom. The molecule has 0 saturated carbocycles. The van der Waals surface area contributed by atoms with Crippen LogP contribution in [0.2, 0.25) is 0 Å². The number of carboxylic acids is 2. The number of esters is 1. The molecule has 2 N–H and O–H groups in total.